The van der Waals surface area contributed by atoms with E-state index in [1.54, 1.807) is 12.1 Å². The zero-order chi connectivity index (χ0) is 10.7. The topological polar surface area (TPSA) is 53.2 Å². The maximum absolute atomic E-state index is 9.65. The van der Waals surface area contributed by atoms with Gasteiger partial charge in [-0.15, -0.1) is 0 Å². The summed E-state index contributed by atoms with van der Waals surface area (Å²) in [6.07, 6.45) is 2.84. The van der Waals surface area contributed by atoms with Gasteiger partial charge in [-0.2, -0.15) is 5.26 Å². The summed E-state index contributed by atoms with van der Waals surface area (Å²) in [4.78, 5) is 0. The minimum absolute atomic E-state index is 0.147. The molecular weight excluding hydrogens is 190 g/mol. The first kappa shape index (κ1) is 9.75. The van der Waals surface area contributed by atoms with E-state index in [4.69, 9.17) is 10.00 Å². The van der Waals surface area contributed by atoms with Crippen molar-refractivity contribution < 1.29 is 9.84 Å². The average molecular weight is 201 g/mol. The van der Waals surface area contributed by atoms with Crippen molar-refractivity contribution in [2.45, 2.75) is 6.42 Å². The Morgan fingerprint density at radius 1 is 1.47 bits per heavy atom. The number of hydrogen-bond donors (Lipinski definition) is 1. The van der Waals surface area contributed by atoms with Crippen molar-refractivity contribution in [2.24, 2.45) is 0 Å². The first-order valence-electron chi connectivity index (χ1n) is 4.80. The molecule has 1 aromatic rings. The van der Waals surface area contributed by atoms with Gasteiger partial charge in [-0.3, -0.25) is 0 Å². The van der Waals surface area contributed by atoms with Crippen molar-refractivity contribution in [2.75, 3.05) is 13.2 Å². The molecule has 1 N–H and O–H groups in total. The highest BCUT2D eigenvalue weighted by Crippen LogP contribution is 2.23. The molecular formula is C12H11NO2. The number of aromatic hydroxyl groups is 1. The van der Waals surface area contributed by atoms with Crippen LogP contribution in [-0.4, -0.2) is 18.3 Å². The number of benzene rings is 1. The Hall–Kier alpha value is -1.79. The van der Waals surface area contributed by atoms with Crippen LogP contribution in [0.5, 0.6) is 5.75 Å². The summed E-state index contributed by atoms with van der Waals surface area (Å²) >= 11 is 0. The van der Waals surface area contributed by atoms with Gasteiger partial charge in [0.05, 0.1) is 24.8 Å². The molecule has 76 valence electrons. The number of ether oxygens (including phenoxy) is 1. The van der Waals surface area contributed by atoms with Gasteiger partial charge < -0.3 is 9.84 Å². The van der Waals surface area contributed by atoms with Gasteiger partial charge in [-0.1, -0.05) is 0 Å². The van der Waals surface area contributed by atoms with E-state index in [2.05, 4.69) is 0 Å². The summed E-state index contributed by atoms with van der Waals surface area (Å²) in [6, 6.07) is 6.90. The van der Waals surface area contributed by atoms with E-state index < -0.39 is 0 Å². The molecule has 3 nitrogen and oxygen atoms in total. The van der Waals surface area contributed by atoms with Crippen molar-refractivity contribution in [3.63, 3.8) is 0 Å². The summed E-state index contributed by atoms with van der Waals surface area (Å²) < 4.78 is 5.21. The molecule has 0 radical (unpaired) electrons. The van der Waals surface area contributed by atoms with E-state index in [0.717, 1.165) is 18.6 Å². The molecule has 1 aliphatic rings. The molecule has 1 aromatic carbocycles. The normalized spacial score (nSPS) is 17.9. The highest BCUT2D eigenvalue weighted by atomic mass is 16.5. The molecule has 0 aromatic heterocycles. The fraction of sp³-hybridized carbons (Fsp3) is 0.250. The molecule has 1 aliphatic heterocycles. The van der Waals surface area contributed by atoms with E-state index in [-0.39, 0.29) is 5.75 Å². The third-order valence-electron chi connectivity index (χ3n) is 2.37. The number of nitriles is 1. The van der Waals surface area contributed by atoms with Gasteiger partial charge in [-0.25, -0.2) is 0 Å². The minimum atomic E-state index is 0.147. The van der Waals surface area contributed by atoms with E-state index >= 15 is 0 Å². The predicted octanol–water partition coefficient (Wildman–Crippen LogP) is 2.07. The molecule has 3 heteroatoms. The summed E-state index contributed by atoms with van der Waals surface area (Å²) in [5, 5.41) is 18.3. The quantitative estimate of drug-likeness (QED) is 0.756. The van der Waals surface area contributed by atoms with Crippen molar-refractivity contribution in [3.05, 3.63) is 34.9 Å². The molecule has 0 unspecified atom stereocenters. The van der Waals surface area contributed by atoms with Gasteiger partial charge in [0.1, 0.15) is 5.75 Å². The Balaban J connectivity index is 2.29. The number of phenols is 1. The van der Waals surface area contributed by atoms with E-state index in [1.165, 1.54) is 11.6 Å². The Kier molecular flexibility index (Phi) is 2.70. The van der Waals surface area contributed by atoms with Crippen LogP contribution >= 0.6 is 0 Å². The van der Waals surface area contributed by atoms with Gasteiger partial charge in [0.2, 0.25) is 0 Å². The smallest absolute Gasteiger partial charge is 0.124 e. The second-order valence-corrected chi connectivity index (χ2v) is 3.49. The zero-order valence-electron chi connectivity index (χ0n) is 8.23. The van der Waals surface area contributed by atoms with Crippen LogP contribution < -0.4 is 0 Å². The molecule has 15 heavy (non-hydrogen) atoms. The minimum Gasteiger partial charge on any atom is -0.507 e. The fourth-order valence-corrected chi connectivity index (χ4v) is 1.55. The first-order valence-corrected chi connectivity index (χ1v) is 4.80. The lowest BCUT2D eigenvalue weighted by molar-refractivity contribution is 0.205. The van der Waals surface area contributed by atoms with Crippen LogP contribution in [0.3, 0.4) is 0 Å². The molecule has 1 heterocycles. The number of rotatable bonds is 1. The lowest BCUT2D eigenvalue weighted by Crippen LogP contribution is -1.83. The molecule has 0 saturated carbocycles. The van der Waals surface area contributed by atoms with Gasteiger partial charge in [0.25, 0.3) is 0 Å². The number of phenolic OH excluding ortho intramolecular Hbond substituents is 1. The van der Waals surface area contributed by atoms with Gasteiger partial charge in [0.15, 0.2) is 0 Å². The fourth-order valence-electron chi connectivity index (χ4n) is 1.55. The second-order valence-electron chi connectivity index (χ2n) is 3.49. The summed E-state index contributed by atoms with van der Waals surface area (Å²) in [7, 11) is 0. The lowest BCUT2D eigenvalue weighted by Gasteiger charge is -2.00. The zero-order valence-corrected chi connectivity index (χ0v) is 8.23. The maximum Gasteiger partial charge on any atom is 0.124 e. The molecule has 0 bridgehead atoms. The number of nitrogens with zero attached hydrogens (tertiary/aromatic N) is 1. The van der Waals surface area contributed by atoms with Crippen LogP contribution in [0, 0.1) is 11.3 Å². The average Bonchev–Trinajstić information content (AvgIpc) is 2.74. The van der Waals surface area contributed by atoms with Crippen LogP contribution in [0.4, 0.5) is 0 Å². The Morgan fingerprint density at radius 3 is 2.93 bits per heavy atom. The van der Waals surface area contributed by atoms with Crippen molar-refractivity contribution in [3.8, 4) is 11.8 Å². The van der Waals surface area contributed by atoms with Crippen LogP contribution in [-0.2, 0) is 4.74 Å². The van der Waals surface area contributed by atoms with E-state index in [9.17, 15) is 5.11 Å². The molecule has 1 fully saturated rings. The lowest BCUT2D eigenvalue weighted by atomic mass is 10.1. The maximum atomic E-state index is 9.65. The van der Waals surface area contributed by atoms with Crippen LogP contribution in [0.25, 0.3) is 6.08 Å². The van der Waals surface area contributed by atoms with Crippen molar-refractivity contribution >= 4 is 6.08 Å². The highest BCUT2D eigenvalue weighted by molar-refractivity contribution is 5.61. The van der Waals surface area contributed by atoms with E-state index in [0.29, 0.717) is 12.2 Å². The Labute approximate surface area is 88.2 Å². The molecule has 0 atom stereocenters. The summed E-state index contributed by atoms with van der Waals surface area (Å²) in [5.41, 5.74) is 2.39. The van der Waals surface area contributed by atoms with Gasteiger partial charge in [0, 0.05) is 5.56 Å². The summed E-state index contributed by atoms with van der Waals surface area (Å²) in [6.45, 7) is 1.39. The third-order valence-corrected chi connectivity index (χ3v) is 2.37. The monoisotopic (exact) mass is 201 g/mol. The molecule has 0 spiro atoms. The largest absolute Gasteiger partial charge is 0.507 e. The van der Waals surface area contributed by atoms with Crippen molar-refractivity contribution in [1.82, 2.24) is 0 Å². The van der Waals surface area contributed by atoms with Crippen LogP contribution in [0.1, 0.15) is 17.5 Å². The Morgan fingerprint density at radius 2 is 2.33 bits per heavy atom. The molecule has 1 saturated heterocycles. The van der Waals surface area contributed by atoms with Crippen molar-refractivity contribution in [1.29, 1.82) is 5.26 Å². The molecule has 0 amide bonds. The SMILES string of the molecule is N#Cc1ccc(/C=C2\CCOC2)c(O)c1. The van der Waals surface area contributed by atoms with Gasteiger partial charge in [-0.05, 0) is 36.3 Å². The summed E-state index contributed by atoms with van der Waals surface area (Å²) in [5.74, 6) is 0.147. The molecule has 2 rings (SSSR count). The van der Waals surface area contributed by atoms with Crippen LogP contribution in [0.15, 0.2) is 23.8 Å². The predicted molar refractivity (Wildman–Crippen MR) is 56.2 cm³/mol. The Bertz CT molecular complexity index is 435. The standard InChI is InChI=1S/C12H11NO2/c13-7-9-1-2-11(12(14)6-9)5-10-3-4-15-8-10/h1-2,5-6,14H,3-4,8H2/b10-5+. The van der Waals surface area contributed by atoms with Crippen LogP contribution in [0.2, 0.25) is 0 Å². The number of hydrogen-bond acceptors (Lipinski definition) is 3. The highest BCUT2D eigenvalue weighted by Gasteiger charge is 2.08. The molecule has 0 aliphatic carbocycles. The third kappa shape index (κ3) is 2.17. The van der Waals surface area contributed by atoms with Gasteiger partial charge >= 0.3 is 0 Å². The first-order chi connectivity index (χ1) is 7.29. The van der Waals surface area contributed by atoms with E-state index in [1.807, 2.05) is 12.1 Å². The second kappa shape index (κ2) is 4.16.